The molecule has 8 heteroatoms. The third-order valence-corrected chi connectivity index (χ3v) is 6.12. The molecule has 5 nitrogen and oxygen atoms in total. The Kier molecular flexibility index (Phi) is 5.80. The highest BCUT2D eigenvalue weighted by Crippen LogP contribution is 2.25. The van der Waals surface area contributed by atoms with Gasteiger partial charge in [0, 0.05) is 12.2 Å². The number of nitrogens with one attached hydrogen (secondary N) is 1. The highest BCUT2D eigenvalue weighted by molar-refractivity contribution is 7.99. The van der Waals surface area contributed by atoms with Gasteiger partial charge in [-0.15, -0.1) is 33.3 Å². The second-order valence-electron chi connectivity index (χ2n) is 5.72. The second kappa shape index (κ2) is 8.04. The number of carbonyl (C=O) groups excluding carboxylic acids is 1. The lowest BCUT2D eigenvalue weighted by Crippen LogP contribution is -2.13. The number of para-hydroxylation sites is 1. The summed E-state index contributed by atoms with van der Waals surface area (Å²) in [6.45, 7) is 4.27. The number of thiazole rings is 1. The van der Waals surface area contributed by atoms with E-state index in [0.717, 1.165) is 27.7 Å². The summed E-state index contributed by atoms with van der Waals surface area (Å²) in [7, 11) is 0. The first-order valence-electron chi connectivity index (χ1n) is 7.64. The van der Waals surface area contributed by atoms with Crippen LogP contribution in [0.3, 0.4) is 0 Å². The molecule has 0 spiro atoms. The van der Waals surface area contributed by atoms with E-state index in [1.165, 1.54) is 16.0 Å². The average Bonchev–Trinajstić information content (AvgIpc) is 3.12. The maximum Gasteiger partial charge on any atom is 0.236 e. The first kappa shape index (κ1) is 17.3. The van der Waals surface area contributed by atoms with Crippen molar-refractivity contribution in [3.8, 4) is 0 Å². The quantitative estimate of drug-likeness (QED) is 0.667. The van der Waals surface area contributed by atoms with Crippen LogP contribution in [0.4, 0.5) is 5.13 Å². The molecule has 3 aromatic rings. The van der Waals surface area contributed by atoms with Crippen molar-refractivity contribution in [1.29, 1.82) is 0 Å². The Hall–Kier alpha value is -1.51. The summed E-state index contributed by atoms with van der Waals surface area (Å²) in [5.74, 6) is 1.61. The SMILES string of the molecule is CC(C)Cc1nnc(NC(=O)CSCc2nc3ccccc3s2)s1. The summed E-state index contributed by atoms with van der Waals surface area (Å²) in [5, 5.41) is 13.5. The van der Waals surface area contributed by atoms with Crippen molar-refractivity contribution in [2.75, 3.05) is 11.1 Å². The number of hydrogen-bond donors (Lipinski definition) is 1. The summed E-state index contributed by atoms with van der Waals surface area (Å²) in [6, 6.07) is 8.08. The first-order valence-corrected chi connectivity index (χ1v) is 10.4. The minimum atomic E-state index is -0.0478. The number of amides is 1. The lowest BCUT2D eigenvalue weighted by molar-refractivity contribution is -0.113. The van der Waals surface area contributed by atoms with E-state index in [2.05, 4.69) is 40.4 Å². The minimum absolute atomic E-state index is 0.0478. The minimum Gasteiger partial charge on any atom is -0.300 e. The van der Waals surface area contributed by atoms with Crippen molar-refractivity contribution in [3.05, 3.63) is 34.3 Å². The molecule has 0 unspecified atom stereocenters. The normalized spacial score (nSPS) is 11.3. The predicted octanol–water partition coefficient (Wildman–Crippen LogP) is 4.22. The Balaban J connectivity index is 1.46. The number of carbonyl (C=O) groups is 1. The van der Waals surface area contributed by atoms with Gasteiger partial charge in [0.1, 0.15) is 10.0 Å². The fraction of sp³-hybridized carbons (Fsp3) is 0.375. The van der Waals surface area contributed by atoms with Crippen molar-refractivity contribution in [1.82, 2.24) is 15.2 Å². The highest BCUT2D eigenvalue weighted by atomic mass is 32.2. The molecule has 0 radical (unpaired) electrons. The van der Waals surface area contributed by atoms with Gasteiger partial charge in [-0.2, -0.15) is 0 Å². The number of fused-ring (bicyclic) bond motifs is 1. The molecule has 1 amide bonds. The van der Waals surface area contributed by atoms with E-state index in [9.17, 15) is 4.79 Å². The monoisotopic (exact) mass is 378 g/mol. The number of hydrogen-bond acceptors (Lipinski definition) is 7. The van der Waals surface area contributed by atoms with E-state index in [0.29, 0.717) is 16.8 Å². The zero-order chi connectivity index (χ0) is 16.9. The molecule has 0 aliphatic heterocycles. The molecule has 0 saturated carbocycles. The van der Waals surface area contributed by atoms with Gasteiger partial charge in [0.2, 0.25) is 11.0 Å². The standard InChI is InChI=1S/C16H18N4OS3/c1-10(2)7-14-19-20-16(24-14)18-13(21)8-22-9-15-17-11-5-3-4-6-12(11)23-15/h3-6,10H,7-9H2,1-2H3,(H,18,20,21). The van der Waals surface area contributed by atoms with Crippen LogP contribution in [0.5, 0.6) is 0 Å². The molecule has 126 valence electrons. The lowest BCUT2D eigenvalue weighted by Gasteiger charge is -2.00. The zero-order valence-corrected chi connectivity index (χ0v) is 15.9. The van der Waals surface area contributed by atoms with E-state index < -0.39 is 0 Å². The van der Waals surface area contributed by atoms with Gasteiger partial charge in [0.25, 0.3) is 0 Å². The predicted molar refractivity (Wildman–Crippen MR) is 103 cm³/mol. The molecule has 0 fully saturated rings. The van der Waals surface area contributed by atoms with E-state index in [4.69, 9.17) is 0 Å². The van der Waals surface area contributed by atoms with E-state index >= 15 is 0 Å². The number of rotatable bonds is 7. The fourth-order valence-corrected chi connectivity index (χ4v) is 4.92. The molecule has 0 atom stereocenters. The fourth-order valence-electron chi connectivity index (χ4n) is 2.10. The van der Waals surface area contributed by atoms with Gasteiger partial charge in [0.15, 0.2) is 0 Å². The van der Waals surface area contributed by atoms with Gasteiger partial charge < -0.3 is 0 Å². The van der Waals surface area contributed by atoms with Crippen molar-refractivity contribution >= 4 is 55.7 Å². The van der Waals surface area contributed by atoms with Crippen LogP contribution in [0.2, 0.25) is 0 Å². The Morgan fingerprint density at radius 3 is 2.83 bits per heavy atom. The Labute approximate surface area is 152 Å². The summed E-state index contributed by atoms with van der Waals surface area (Å²) in [6.07, 6.45) is 0.889. The van der Waals surface area contributed by atoms with Crippen molar-refractivity contribution in [2.45, 2.75) is 26.0 Å². The summed E-state index contributed by atoms with van der Waals surface area (Å²) >= 11 is 4.69. The van der Waals surface area contributed by atoms with Crippen LogP contribution in [0.15, 0.2) is 24.3 Å². The first-order chi connectivity index (χ1) is 11.6. The van der Waals surface area contributed by atoms with E-state index in [1.807, 2.05) is 18.2 Å². The molecule has 1 N–H and O–H groups in total. The van der Waals surface area contributed by atoms with Crippen LogP contribution >= 0.6 is 34.4 Å². The van der Waals surface area contributed by atoms with Crippen molar-refractivity contribution in [3.63, 3.8) is 0 Å². The number of nitrogens with zero attached hydrogens (tertiary/aromatic N) is 3. The van der Waals surface area contributed by atoms with Gasteiger partial charge in [-0.05, 0) is 18.1 Å². The summed E-state index contributed by atoms with van der Waals surface area (Å²) in [5.41, 5.74) is 1.02. The van der Waals surface area contributed by atoms with Crippen LogP contribution in [0.1, 0.15) is 23.9 Å². The molecule has 3 rings (SSSR count). The molecule has 0 aliphatic rings. The van der Waals surface area contributed by atoms with Gasteiger partial charge in [0.05, 0.1) is 16.0 Å². The Bertz CT molecular complexity index is 794. The number of anilines is 1. The molecular formula is C16H18N4OS3. The molecule has 0 bridgehead atoms. The lowest BCUT2D eigenvalue weighted by atomic mass is 10.1. The van der Waals surface area contributed by atoms with Crippen LogP contribution in [-0.2, 0) is 17.0 Å². The van der Waals surface area contributed by atoms with Crippen molar-refractivity contribution < 1.29 is 4.79 Å². The van der Waals surface area contributed by atoms with Gasteiger partial charge in [-0.1, -0.05) is 37.3 Å². The molecule has 0 aliphatic carbocycles. The van der Waals surface area contributed by atoms with Crippen LogP contribution in [0.25, 0.3) is 10.2 Å². The molecule has 1 aromatic carbocycles. The molecular weight excluding hydrogens is 360 g/mol. The van der Waals surface area contributed by atoms with Crippen LogP contribution < -0.4 is 5.32 Å². The third-order valence-electron chi connectivity index (χ3n) is 3.09. The maximum atomic E-state index is 12.0. The average molecular weight is 379 g/mol. The van der Waals surface area contributed by atoms with E-state index in [1.54, 1.807) is 23.1 Å². The van der Waals surface area contributed by atoms with E-state index in [-0.39, 0.29) is 5.91 Å². The number of benzene rings is 1. The molecule has 2 aromatic heterocycles. The van der Waals surface area contributed by atoms with Crippen molar-refractivity contribution in [2.24, 2.45) is 5.92 Å². The largest absolute Gasteiger partial charge is 0.300 e. The molecule has 24 heavy (non-hydrogen) atoms. The van der Waals surface area contributed by atoms with Gasteiger partial charge >= 0.3 is 0 Å². The Morgan fingerprint density at radius 2 is 2.04 bits per heavy atom. The van der Waals surface area contributed by atoms with Gasteiger partial charge in [-0.25, -0.2) is 4.98 Å². The third kappa shape index (κ3) is 4.75. The number of thioether (sulfide) groups is 1. The van der Waals surface area contributed by atoms with Crippen LogP contribution in [0, 0.1) is 5.92 Å². The molecule has 0 saturated heterocycles. The smallest absolute Gasteiger partial charge is 0.236 e. The Morgan fingerprint density at radius 1 is 1.21 bits per heavy atom. The second-order valence-corrected chi connectivity index (χ2v) is 8.88. The topological polar surface area (TPSA) is 67.8 Å². The zero-order valence-electron chi connectivity index (χ0n) is 13.5. The van der Waals surface area contributed by atoms with Crippen LogP contribution in [-0.4, -0.2) is 26.8 Å². The summed E-state index contributed by atoms with van der Waals surface area (Å²) < 4.78 is 1.18. The molecule has 2 heterocycles. The van der Waals surface area contributed by atoms with Gasteiger partial charge in [-0.3, -0.25) is 10.1 Å². The number of aromatic nitrogens is 3. The highest BCUT2D eigenvalue weighted by Gasteiger charge is 2.10. The maximum absolute atomic E-state index is 12.0. The summed E-state index contributed by atoms with van der Waals surface area (Å²) in [4.78, 5) is 16.6.